The first-order chi connectivity index (χ1) is 8.47. The Morgan fingerprint density at radius 1 is 1.44 bits per heavy atom. The Bertz CT molecular complexity index is 590. The normalized spacial score (nSPS) is 10.6. The average molecular weight is 282 g/mol. The number of halogens is 1. The second-order valence-electron chi connectivity index (χ2n) is 3.78. The van der Waals surface area contributed by atoms with Crippen molar-refractivity contribution in [1.29, 1.82) is 5.41 Å². The topological polar surface area (TPSA) is 75.9 Å². The summed E-state index contributed by atoms with van der Waals surface area (Å²) in [6, 6.07) is 5.30. The summed E-state index contributed by atoms with van der Waals surface area (Å²) >= 11 is 7.43. The number of amidine groups is 1. The van der Waals surface area contributed by atoms with E-state index in [9.17, 15) is 0 Å². The minimum atomic E-state index is -0.0423. The van der Waals surface area contributed by atoms with E-state index in [1.165, 1.54) is 11.8 Å². The summed E-state index contributed by atoms with van der Waals surface area (Å²) in [7, 11) is 0. The van der Waals surface area contributed by atoms with Gasteiger partial charge in [-0.05, 0) is 43.8 Å². The van der Waals surface area contributed by atoms with Gasteiger partial charge in [-0.2, -0.15) is 0 Å². The van der Waals surface area contributed by atoms with Gasteiger partial charge in [0, 0.05) is 10.5 Å². The minimum absolute atomic E-state index is 0.0423. The number of nitrogens with zero attached hydrogens (tertiary/aromatic N) is 1. The molecule has 18 heavy (non-hydrogen) atoms. The Hall–Kier alpha value is -1.46. The molecule has 0 aliphatic carbocycles. The Balaban J connectivity index is 2.25. The molecule has 0 radical (unpaired) electrons. The maximum Gasteiger partial charge on any atom is 0.260 e. The van der Waals surface area contributed by atoms with Gasteiger partial charge in [-0.25, -0.2) is 4.98 Å². The summed E-state index contributed by atoms with van der Waals surface area (Å²) in [5.41, 5.74) is 6.81. The largest absolute Gasteiger partial charge is 0.436 e. The molecular formula is C12H12ClN3OS. The van der Waals surface area contributed by atoms with E-state index in [1.54, 1.807) is 12.1 Å². The smallest absolute Gasteiger partial charge is 0.260 e. The van der Waals surface area contributed by atoms with Crippen molar-refractivity contribution >= 4 is 29.2 Å². The molecule has 3 N–H and O–H groups in total. The van der Waals surface area contributed by atoms with Crippen LogP contribution in [0.5, 0.6) is 0 Å². The van der Waals surface area contributed by atoms with Crippen molar-refractivity contribution in [3.63, 3.8) is 0 Å². The molecule has 0 bridgehead atoms. The zero-order valence-electron chi connectivity index (χ0n) is 9.95. The van der Waals surface area contributed by atoms with Crippen molar-refractivity contribution in [3.05, 3.63) is 40.2 Å². The number of aryl methyl sites for hydroxylation is 2. The molecule has 0 aliphatic heterocycles. The van der Waals surface area contributed by atoms with E-state index in [0.717, 1.165) is 16.3 Å². The Labute approximate surface area is 114 Å². The summed E-state index contributed by atoms with van der Waals surface area (Å²) in [6.45, 7) is 3.77. The van der Waals surface area contributed by atoms with Crippen molar-refractivity contribution < 1.29 is 4.42 Å². The van der Waals surface area contributed by atoms with Crippen molar-refractivity contribution in [2.24, 2.45) is 5.73 Å². The molecule has 0 amide bonds. The molecule has 2 rings (SSSR count). The highest BCUT2D eigenvalue weighted by Crippen LogP contribution is 2.31. The van der Waals surface area contributed by atoms with Crippen LogP contribution in [0.3, 0.4) is 0 Å². The van der Waals surface area contributed by atoms with Gasteiger partial charge < -0.3 is 10.2 Å². The van der Waals surface area contributed by atoms with Crippen molar-refractivity contribution in [2.75, 3.05) is 0 Å². The lowest BCUT2D eigenvalue weighted by molar-refractivity contribution is 0.431. The minimum Gasteiger partial charge on any atom is -0.436 e. The van der Waals surface area contributed by atoms with Gasteiger partial charge in [-0.3, -0.25) is 5.41 Å². The fourth-order valence-corrected chi connectivity index (χ4v) is 2.58. The first-order valence-electron chi connectivity index (χ1n) is 5.23. The predicted octanol–water partition coefficient (Wildman–Crippen LogP) is 3.38. The number of benzene rings is 1. The van der Waals surface area contributed by atoms with E-state index in [0.29, 0.717) is 15.8 Å². The highest BCUT2D eigenvalue weighted by molar-refractivity contribution is 7.99. The highest BCUT2D eigenvalue weighted by atomic mass is 35.5. The Morgan fingerprint density at radius 3 is 2.67 bits per heavy atom. The van der Waals surface area contributed by atoms with E-state index in [1.807, 2.05) is 19.9 Å². The van der Waals surface area contributed by atoms with Crippen LogP contribution in [0, 0.1) is 19.3 Å². The molecule has 4 nitrogen and oxygen atoms in total. The van der Waals surface area contributed by atoms with E-state index < -0.39 is 0 Å². The molecule has 0 aliphatic rings. The fourth-order valence-electron chi connectivity index (χ4n) is 1.37. The summed E-state index contributed by atoms with van der Waals surface area (Å²) in [5, 5.41) is 8.39. The Kier molecular flexibility index (Phi) is 3.63. The third-order valence-electron chi connectivity index (χ3n) is 2.44. The molecule has 2 aromatic rings. The number of nitrogens with one attached hydrogen (secondary N) is 1. The molecule has 1 aromatic carbocycles. The van der Waals surface area contributed by atoms with Gasteiger partial charge in [0.15, 0.2) is 0 Å². The third-order valence-corrected chi connectivity index (χ3v) is 3.60. The van der Waals surface area contributed by atoms with Crippen LogP contribution in [0.1, 0.15) is 17.0 Å². The van der Waals surface area contributed by atoms with Gasteiger partial charge >= 0.3 is 0 Å². The summed E-state index contributed by atoms with van der Waals surface area (Å²) in [6.07, 6.45) is 0. The lowest BCUT2D eigenvalue weighted by Gasteiger charge is -2.03. The fraction of sp³-hybridized carbons (Fsp3) is 0.167. The monoisotopic (exact) mass is 281 g/mol. The third kappa shape index (κ3) is 2.68. The zero-order chi connectivity index (χ0) is 13.3. The standard InChI is InChI=1S/C12H12ClN3OS/c1-6-7(2)17-12(16-6)18-8-3-4-9(11(14)15)10(13)5-8/h3-5H,1-2H3,(H3,14,15). The molecule has 6 heteroatoms. The van der Waals surface area contributed by atoms with E-state index in [2.05, 4.69) is 4.98 Å². The van der Waals surface area contributed by atoms with E-state index >= 15 is 0 Å². The molecule has 0 saturated heterocycles. The number of aromatic nitrogens is 1. The van der Waals surface area contributed by atoms with Gasteiger partial charge in [-0.1, -0.05) is 11.6 Å². The number of nitrogens with two attached hydrogens (primary N) is 1. The molecule has 0 spiro atoms. The van der Waals surface area contributed by atoms with Gasteiger partial charge in [0.25, 0.3) is 5.22 Å². The van der Waals surface area contributed by atoms with Crippen LogP contribution < -0.4 is 5.73 Å². The molecule has 94 valence electrons. The first-order valence-corrected chi connectivity index (χ1v) is 6.42. The van der Waals surface area contributed by atoms with Crippen LogP contribution in [0.15, 0.2) is 32.7 Å². The van der Waals surface area contributed by atoms with Crippen LogP contribution in [-0.2, 0) is 0 Å². The maximum absolute atomic E-state index is 7.35. The molecule has 0 saturated carbocycles. The van der Waals surface area contributed by atoms with Gasteiger partial charge in [0.1, 0.15) is 11.6 Å². The molecule has 1 aromatic heterocycles. The number of oxazole rings is 1. The maximum atomic E-state index is 7.35. The van der Waals surface area contributed by atoms with Crippen molar-refractivity contribution in [1.82, 2.24) is 4.98 Å². The van der Waals surface area contributed by atoms with Crippen LogP contribution >= 0.6 is 23.4 Å². The van der Waals surface area contributed by atoms with E-state index in [4.69, 9.17) is 27.2 Å². The second-order valence-corrected chi connectivity index (χ2v) is 5.21. The molecule has 1 heterocycles. The number of hydrogen-bond acceptors (Lipinski definition) is 4. The quantitative estimate of drug-likeness (QED) is 0.668. The van der Waals surface area contributed by atoms with Crippen LogP contribution in [0.4, 0.5) is 0 Å². The molecule has 0 fully saturated rings. The molecule has 0 atom stereocenters. The summed E-state index contributed by atoms with van der Waals surface area (Å²) in [4.78, 5) is 5.17. The zero-order valence-corrected chi connectivity index (χ0v) is 11.5. The molecule has 0 unspecified atom stereocenters. The number of hydrogen-bond donors (Lipinski definition) is 2. The Morgan fingerprint density at radius 2 is 2.17 bits per heavy atom. The first kappa shape index (κ1) is 13.0. The van der Waals surface area contributed by atoms with E-state index in [-0.39, 0.29) is 5.84 Å². The highest BCUT2D eigenvalue weighted by Gasteiger charge is 2.10. The van der Waals surface area contributed by atoms with Gasteiger partial charge in [-0.15, -0.1) is 0 Å². The lowest BCUT2D eigenvalue weighted by atomic mass is 10.2. The van der Waals surface area contributed by atoms with Crippen molar-refractivity contribution in [3.8, 4) is 0 Å². The second kappa shape index (κ2) is 5.04. The predicted molar refractivity (Wildman–Crippen MR) is 72.6 cm³/mol. The van der Waals surface area contributed by atoms with Crippen LogP contribution in [-0.4, -0.2) is 10.8 Å². The van der Waals surface area contributed by atoms with Gasteiger partial charge in [0.2, 0.25) is 0 Å². The number of rotatable bonds is 3. The lowest BCUT2D eigenvalue weighted by Crippen LogP contribution is -2.11. The van der Waals surface area contributed by atoms with Crippen LogP contribution in [0.25, 0.3) is 0 Å². The molecular weight excluding hydrogens is 270 g/mol. The van der Waals surface area contributed by atoms with Gasteiger partial charge in [0.05, 0.1) is 10.7 Å². The van der Waals surface area contributed by atoms with Crippen LogP contribution in [0.2, 0.25) is 5.02 Å². The van der Waals surface area contributed by atoms with Crippen molar-refractivity contribution in [2.45, 2.75) is 24.0 Å². The average Bonchev–Trinajstić information content (AvgIpc) is 2.57. The summed E-state index contributed by atoms with van der Waals surface area (Å²) < 4.78 is 5.48. The number of nitrogen functional groups attached to an aromatic ring is 1. The SMILES string of the molecule is Cc1nc(Sc2ccc(C(=N)N)c(Cl)c2)oc1C. The summed E-state index contributed by atoms with van der Waals surface area (Å²) in [5.74, 6) is 0.767.